The number of amides is 2. The van der Waals surface area contributed by atoms with Crippen LogP contribution in [-0.4, -0.2) is 80.5 Å². The Balaban J connectivity index is 2.20. The molecule has 0 aromatic heterocycles. The van der Waals surface area contributed by atoms with Crippen LogP contribution in [0, 0.1) is 0 Å². The minimum absolute atomic E-state index is 0.00891. The molecule has 2 rings (SSSR count). The summed E-state index contributed by atoms with van der Waals surface area (Å²) in [5.74, 6) is -0.388. The summed E-state index contributed by atoms with van der Waals surface area (Å²) in [6.07, 6.45) is -3.91. The monoisotopic (exact) mass is 490 g/mol. The molecule has 0 radical (unpaired) electrons. The second-order valence-corrected chi connectivity index (χ2v) is 8.10. The predicted molar refractivity (Wildman–Crippen MR) is 119 cm³/mol. The Kier molecular flexibility index (Phi) is 9.42. The SMILES string of the molecule is CC/C(NC)=C(/C(=O)N(C)Cc1ccc(C(F)(F)F)cc1Cl)N1CCN(C(=O)COC)CC1. The van der Waals surface area contributed by atoms with Crippen molar-refractivity contribution in [1.29, 1.82) is 0 Å². The molecular formula is C22H30ClF3N4O3. The van der Waals surface area contributed by atoms with Gasteiger partial charge in [-0.1, -0.05) is 24.6 Å². The van der Waals surface area contributed by atoms with Crippen molar-refractivity contribution in [1.82, 2.24) is 20.0 Å². The van der Waals surface area contributed by atoms with Gasteiger partial charge in [0.2, 0.25) is 5.91 Å². The largest absolute Gasteiger partial charge is 0.416 e. The Morgan fingerprint density at radius 2 is 1.79 bits per heavy atom. The Bertz CT molecular complexity index is 878. The van der Waals surface area contributed by atoms with Crippen molar-refractivity contribution >= 4 is 23.4 Å². The lowest BCUT2D eigenvalue weighted by Gasteiger charge is -2.38. The molecule has 0 aliphatic carbocycles. The van der Waals surface area contributed by atoms with Crippen molar-refractivity contribution in [2.24, 2.45) is 0 Å². The van der Waals surface area contributed by atoms with Gasteiger partial charge in [-0.25, -0.2) is 0 Å². The van der Waals surface area contributed by atoms with E-state index in [2.05, 4.69) is 5.32 Å². The first-order valence-electron chi connectivity index (χ1n) is 10.6. The van der Waals surface area contributed by atoms with E-state index in [1.807, 2.05) is 11.8 Å². The molecule has 184 valence electrons. The zero-order valence-corrected chi connectivity index (χ0v) is 20.0. The smallest absolute Gasteiger partial charge is 0.390 e. The third-order valence-electron chi connectivity index (χ3n) is 5.49. The number of hydrogen-bond donors (Lipinski definition) is 1. The molecule has 1 fully saturated rings. The number of carbonyl (C=O) groups is 2. The van der Waals surface area contributed by atoms with Crippen molar-refractivity contribution in [2.75, 3.05) is 54.0 Å². The lowest BCUT2D eigenvalue weighted by molar-refractivity contribution is -0.138. The maximum atomic E-state index is 13.4. The van der Waals surface area contributed by atoms with E-state index in [-0.39, 0.29) is 30.0 Å². The average molecular weight is 491 g/mol. The number of alkyl halides is 3. The minimum Gasteiger partial charge on any atom is -0.390 e. The number of allylic oxidation sites excluding steroid dienone is 1. The number of halogens is 4. The van der Waals surface area contributed by atoms with Crippen LogP contribution in [0.1, 0.15) is 24.5 Å². The van der Waals surface area contributed by atoms with Gasteiger partial charge in [0.25, 0.3) is 5.91 Å². The highest BCUT2D eigenvalue weighted by molar-refractivity contribution is 6.31. The second-order valence-electron chi connectivity index (χ2n) is 7.70. The number of benzene rings is 1. The molecule has 0 bridgehead atoms. The highest BCUT2D eigenvalue weighted by Gasteiger charge is 2.32. The van der Waals surface area contributed by atoms with Crippen molar-refractivity contribution in [3.05, 3.63) is 45.7 Å². The summed E-state index contributed by atoms with van der Waals surface area (Å²) < 4.78 is 43.7. The van der Waals surface area contributed by atoms with Gasteiger partial charge >= 0.3 is 6.18 Å². The summed E-state index contributed by atoms with van der Waals surface area (Å²) in [6, 6.07) is 3.11. The molecule has 0 saturated carbocycles. The van der Waals surface area contributed by atoms with Crippen molar-refractivity contribution < 1.29 is 27.5 Å². The van der Waals surface area contributed by atoms with Crippen LogP contribution in [-0.2, 0) is 27.0 Å². The molecule has 0 atom stereocenters. The zero-order valence-electron chi connectivity index (χ0n) is 19.3. The average Bonchev–Trinajstić information content (AvgIpc) is 2.77. The number of nitrogens with zero attached hydrogens (tertiary/aromatic N) is 3. The van der Waals surface area contributed by atoms with Gasteiger partial charge in [-0.3, -0.25) is 9.59 Å². The number of nitrogens with one attached hydrogen (secondary N) is 1. The molecule has 1 aliphatic rings. The molecular weight excluding hydrogens is 461 g/mol. The van der Waals surface area contributed by atoms with E-state index in [1.54, 1.807) is 19.0 Å². The van der Waals surface area contributed by atoms with Gasteiger partial charge in [0.15, 0.2) is 0 Å². The number of hydrogen-bond acceptors (Lipinski definition) is 5. The third kappa shape index (κ3) is 6.77. The van der Waals surface area contributed by atoms with Crippen LogP contribution in [0.5, 0.6) is 0 Å². The van der Waals surface area contributed by atoms with Crippen LogP contribution in [0.25, 0.3) is 0 Å². The molecule has 1 saturated heterocycles. The van der Waals surface area contributed by atoms with E-state index in [0.29, 0.717) is 43.9 Å². The molecule has 1 heterocycles. The number of methoxy groups -OCH3 is 1. The molecule has 7 nitrogen and oxygen atoms in total. The summed E-state index contributed by atoms with van der Waals surface area (Å²) >= 11 is 6.08. The highest BCUT2D eigenvalue weighted by Crippen LogP contribution is 2.32. The fourth-order valence-corrected chi connectivity index (χ4v) is 3.91. The van der Waals surface area contributed by atoms with Gasteiger partial charge in [0.1, 0.15) is 12.3 Å². The van der Waals surface area contributed by atoms with E-state index < -0.39 is 11.7 Å². The molecule has 1 aromatic rings. The van der Waals surface area contributed by atoms with Crippen LogP contribution in [0.15, 0.2) is 29.6 Å². The van der Waals surface area contributed by atoms with Crippen molar-refractivity contribution in [3.8, 4) is 0 Å². The first-order valence-corrected chi connectivity index (χ1v) is 10.9. The molecule has 33 heavy (non-hydrogen) atoms. The van der Waals surface area contributed by atoms with Gasteiger partial charge in [0, 0.05) is 64.6 Å². The third-order valence-corrected chi connectivity index (χ3v) is 5.85. The molecule has 2 amide bonds. The Hall–Kier alpha value is -2.46. The number of rotatable bonds is 8. The molecule has 11 heteroatoms. The normalized spacial score (nSPS) is 15.3. The quantitative estimate of drug-likeness (QED) is 0.568. The number of ether oxygens (including phenoxy) is 1. The maximum Gasteiger partial charge on any atom is 0.416 e. The van der Waals surface area contributed by atoms with Crippen molar-refractivity contribution in [3.63, 3.8) is 0 Å². The number of likely N-dealkylation sites (N-methyl/N-ethyl adjacent to an activating group) is 1. The predicted octanol–water partition coefficient (Wildman–Crippen LogP) is 2.95. The van der Waals surface area contributed by atoms with E-state index in [9.17, 15) is 22.8 Å². The summed E-state index contributed by atoms with van der Waals surface area (Å²) in [5, 5.41) is 3.03. The zero-order chi connectivity index (χ0) is 24.8. The lowest BCUT2D eigenvalue weighted by Crippen LogP contribution is -2.51. The van der Waals surface area contributed by atoms with Gasteiger partial charge in [-0.05, 0) is 24.1 Å². The fraction of sp³-hybridized carbons (Fsp3) is 0.545. The van der Waals surface area contributed by atoms with Gasteiger partial charge in [0.05, 0.1) is 5.56 Å². The van der Waals surface area contributed by atoms with Crippen LogP contribution in [0.2, 0.25) is 5.02 Å². The maximum absolute atomic E-state index is 13.4. The summed E-state index contributed by atoms with van der Waals surface area (Å²) in [5.41, 5.74) is 0.791. The Labute approximate surface area is 197 Å². The number of piperazine rings is 1. The molecule has 1 aromatic carbocycles. The summed E-state index contributed by atoms with van der Waals surface area (Å²) in [4.78, 5) is 30.6. The first kappa shape index (κ1) is 26.8. The van der Waals surface area contributed by atoms with Crippen LogP contribution < -0.4 is 5.32 Å². The molecule has 1 N–H and O–H groups in total. The van der Waals surface area contributed by atoms with E-state index >= 15 is 0 Å². The van der Waals surface area contributed by atoms with Crippen LogP contribution in [0.4, 0.5) is 13.2 Å². The molecule has 1 aliphatic heterocycles. The fourth-order valence-electron chi connectivity index (χ4n) is 3.67. The second kappa shape index (κ2) is 11.6. The number of carbonyl (C=O) groups excluding carboxylic acids is 2. The first-order chi connectivity index (χ1) is 15.5. The lowest BCUT2D eigenvalue weighted by atomic mass is 10.1. The highest BCUT2D eigenvalue weighted by atomic mass is 35.5. The summed E-state index contributed by atoms with van der Waals surface area (Å²) in [6.45, 7) is 3.82. The Morgan fingerprint density at radius 3 is 2.27 bits per heavy atom. The summed E-state index contributed by atoms with van der Waals surface area (Å²) in [7, 11) is 4.78. The van der Waals surface area contributed by atoms with E-state index in [4.69, 9.17) is 16.3 Å². The standard InChI is InChI=1S/C22H30ClF3N4O3/c1-5-18(27-2)20(30-10-8-29(9-11-30)19(31)14-33-4)21(32)28(3)13-15-6-7-16(12-17(15)23)22(24,25)26/h6-7,12,27H,5,8-11,13-14H2,1-4H3/b20-18+. The molecule has 0 spiro atoms. The van der Waals surface area contributed by atoms with Gasteiger partial charge in [-0.15, -0.1) is 0 Å². The van der Waals surface area contributed by atoms with Gasteiger partial charge in [-0.2, -0.15) is 13.2 Å². The Morgan fingerprint density at radius 1 is 1.18 bits per heavy atom. The van der Waals surface area contributed by atoms with E-state index in [0.717, 1.165) is 17.8 Å². The van der Waals surface area contributed by atoms with Crippen LogP contribution in [0.3, 0.4) is 0 Å². The van der Waals surface area contributed by atoms with Gasteiger partial charge < -0.3 is 24.8 Å². The topological polar surface area (TPSA) is 65.1 Å². The van der Waals surface area contributed by atoms with Crippen LogP contribution >= 0.6 is 11.6 Å². The van der Waals surface area contributed by atoms with E-state index in [1.165, 1.54) is 18.1 Å². The molecule has 0 unspecified atom stereocenters. The van der Waals surface area contributed by atoms with Crippen molar-refractivity contribution in [2.45, 2.75) is 26.1 Å². The minimum atomic E-state index is -4.49.